The van der Waals surface area contributed by atoms with Crippen molar-refractivity contribution in [2.75, 3.05) is 18.1 Å². The van der Waals surface area contributed by atoms with Gasteiger partial charge in [0.15, 0.2) is 6.61 Å². The van der Waals surface area contributed by atoms with Gasteiger partial charge in [0, 0.05) is 19.4 Å². The van der Waals surface area contributed by atoms with Crippen LogP contribution in [0.2, 0.25) is 0 Å². The molecule has 2 rings (SSSR count). The maximum Gasteiger partial charge on any atom is 0.338 e. The molecular weight excluding hydrogens is 354 g/mol. The van der Waals surface area contributed by atoms with E-state index in [0.717, 1.165) is 4.90 Å². The predicted octanol–water partition coefficient (Wildman–Crippen LogP) is 0.138. The quantitative estimate of drug-likeness (QED) is 0.516. The van der Waals surface area contributed by atoms with Gasteiger partial charge in [0.2, 0.25) is 17.7 Å². The first-order chi connectivity index (χ1) is 12.8. The molecule has 144 valence electrons. The Morgan fingerprint density at radius 3 is 2.48 bits per heavy atom. The number of likely N-dealkylation sites (N-methyl/N-ethyl adjacent to an activating group) is 1. The van der Waals surface area contributed by atoms with Gasteiger partial charge >= 0.3 is 5.97 Å². The summed E-state index contributed by atoms with van der Waals surface area (Å²) in [5.74, 6) is -2.40. The van der Waals surface area contributed by atoms with Gasteiger partial charge in [-0.2, -0.15) is 0 Å². The van der Waals surface area contributed by atoms with Crippen molar-refractivity contribution in [3.8, 4) is 0 Å². The number of nitrogens with zero attached hydrogens (tertiary/aromatic N) is 1. The number of nitrogens with one attached hydrogen (secondary N) is 2. The fourth-order valence-electron chi connectivity index (χ4n) is 2.53. The second-order valence-corrected chi connectivity index (χ2v) is 5.93. The second-order valence-electron chi connectivity index (χ2n) is 5.93. The minimum atomic E-state index is -0.781. The van der Waals surface area contributed by atoms with Crippen LogP contribution < -0.4 is 15.5 Å². The molecule has 0 aliphatic carbocycles. The molecule has 0 bridgehead atoms. The third-order valence-corrected chi connectivity index (χ3v) is 3.85. The molecule has 1 saturated heterocycles. The zero-order valence-electron chi connectivity index (χ0n) is 15.1. The van der Waals surface area contributed by atoms with Crippen molar-refractivity contribution >= 4 is 35.3 Å². The molecule has 1 aromatic carbocycles. The van der Waals surface area contributed by atoms with E-state index in [-0.39, 0.29) is 41.8 Å². The lowest BCUT2D eigenvalue weighted by molar-refractivity contribution is -0.130. The van der Waals surface area contributed by atoms with E-state index in [2.05, 4.69) is 10.6 Å². The maximum absolute atomic E-state index is 12.1. The highest BCUT2D eigenvalue weighted by Crippen LogP contribution is 2.23. The Kier molecular flexibility index (Phi) is 6.64. The molecule has 0 unspecified atom stereocenters. The monoisotopic (exact) mass is 375 g/mol. The third-order valence-electron chi connectivity index (χ3n) is 3.85. The van der Waals surface area contributed by atoms with Crippen molar-refractivity contribution in [2.24, 2.45) is 0 Å². The summed E-state index contributed by atoms with van der Waals surface area (Å²) < 4.78 is 4.93. The first-order valence-electron chi connectivity index (χ1n) is 8.53. The topological polar surface area (TPSA) is 122 Å². The molecule has 2 N–H and O–H groups in total. The van der Waals surface area contributed by atoms with Crippen LogP contribution in [-0.4, -0.2) is 48.8 Å². The van der Waals surface area contributed by atoms with Crippen molar-refractivity contribution in [1.82, 2.24) is 10.6 Å². The van der Waals surface area contributed by atoms with Crippen LogP contribution in [0.1, 0.15) is 37.0 Å². The highest BCUT2D eigenvalue weighted by atomic mass is 16.5. The fourth-order valence-corrected chi connectivity index (χ4v) is 2.53. The van der Waals surface area contributed by atoms with Crippen molar-refractivity contribution < 1.29 is 28.7 Å². The number of anilines is 1. The zero-order chi connectivity index (χ0) is 20.0. The Morgan fingerprint density at radius 1 is 1.19 bits per heavy atom. The molecule has 1 fully saturated rings. The smallest absolute Gasteiger partial charge is 0.338 e. The van der Waals surface area contributed by atoms with Crippen LogP contribution in [-0.2, 0) is 23.9 Å². The number of benzene rings is 1. The van der Waals surface area contributed by atoms with Crippen LogP contribution in [0.15, 0.2) is 24.3 Å². The van der Waals surface area contributed by atoms with Crippen LogP contribution in [0, 0.1) is 0 Å². The van der Waals surface area contributed by atoms with Gasteiger partial charge in [0.25, 0.3) is 5.91 Å². The van der Waals surface area contributed by atoms with Gasteiger partial charge in [0.1, 0.15) is 6.04 Å². The third kappa shape index (κ3) is 5.13. The average molecular weight is 375 g/mol. The van der Waals surface area contributed by atoms with Crippen LogP contribution in [0.5, 0.6) is 0 Å². The van der Waals surface area contributed by atoms with Crippen molar-refractivity contribution in [3.05, 3.63) is 29.8 Å². The molecule has 1 heterocycles. The number of carbonyl (C=O) groups excluding carboxylic acids is 5. The Morgan fingerprint density at radius 2 is 1.85 bits per heavy atom. The van der Waals surface area contributed by atoms with Gasteiger partial charge in [-0.3, -0.25) is 24.1 Å². The summed E-state index contributed by atoms with van der Waals surface area (Å²) in [4.78, 5) is 60.1. The van der Waals surface area contributed by atoms with Crippen LogP contribution in [0.4, 0.5) is 5.69 Å². The summed E-state index contributed by atoms with van der Waals surface area (Å²) in [7, 11) is 0. The SMILES string of the molecule is CCNC(=O)[C@@H](C)NC(=O)COC(=O)c1cccc(N2C(=O)CCC2=O)c1. The first-order valence-corrected chi connectivity index (χ1v) is 8.53. The predicted molar refractivity (Wildman–Crippen MR) is 94.7 cm³/mol. The summed E-state index contributed by atoms with van der Waals surface area (Å²) in [6, 6.07) is 5.11. The maximum atomic E-state index is 12.1. The lowest BCUT2D eigenvalue weighted by Gasteiger charge is -2.15. The number of ether oxygens (including phenoxy) is 1. The second kappa shape index (κ2) is 8.93. The molecule has 0 spiro atoms. The molecule has 9 heteroatoms. The molecule has 4 amide bonds. The molecule has 1 atom stereocenters. The number of rotatable bonds is 7. The van der Waals surface area contributed by atoms with Gasteiger partial charge in [-0.15, -0.1) is 0 Å². The summed E-state index contributed by atoms with van der Waals surface area (Å²) in [6.45, 7) is 3.14. The molecule has 0 saturated carbocycles. The first kappa shape index (κ1) is 20.1. The Balaban J connectivity index is 1.94. The zero-order valence-corrected chi connectivity index (χ0v) is 15.1. The van der Waals surface area contributed by atoms with E-state index >= 15 is 0 Å². The van der Waals surface area contributed by atoms with E-state index in [0.29, 0.717) is 6.54 Å². The van der Waals surface area contributed by atoms with Gasteiger partial charge in [0.05, 0.1) is 11.3 Å². The number of carbonyl (C=O) groups is 5. The van der Waals surface area contributed by atoms with Crippen molar-refractivity contribution in [1.29, 1.82) is 0 Å². The number of amides is 4. The van der Waals surface area contributed by atoms with E-state index in [9.17, 15) is 24.0 Å². The molecular formula is C18H21N3O6. The number of imide groups is 1. The molecule has 1 aliphatic heterocycles. The highest BCUT2D eigenvalue weighted by Gasteiger charge is 2.30. The van der Waals surface area contributed by atoms with Crippen LogP contribution in [0.3, 0.4) is 0 Å². The number of hydrogen-bond acceptors (Lipinski definition) is 6. The summed E-state index contributed by atoms with van der Waals surface area (Å²) in [5.41, 5.74) is 0.385. The molecule has 0 radical (unpaired) electrons. The Bertz CT molecular complexity index is 760. The van der Waals surface area contributed by atoms with E-state index in [4.69, 9.17) is 4.74 Å². The summed E-state index contributed by atoms with van der Waals surface area (Å²) in [6.07, 6.45) is 0.273. The lowest BCUT2D eigenvalue weighted by Crippen LogP contribution is -2.46. The Hall–Kier alpha value is -3.23. The minimum Gasteiger partial charge on any atom is -0.452 e. The normalized spacial score (nSPS) is 14.7. The van der Waals surface area contributed by atoms with Gasteiger partial charge in [-0.1, -0.05) is 6.07 Å². The van der Waals surface area contributed by atoms with Crippen LogP contribution in [0.25, 0.3) is 0 Å². The number of esters is 1. The van der Waals surface area contributed by atoms with Crippen molar-refractivity contribution in [3.63, 3.8) is 0 Å². The van der Waals surface area contributed by atoms with Gasteiger partial charge in [-0.25, -0.2) is 4.79 Å². The van der Waals surface area contributed by atoms with E-state index < -0.39 is 24.5 Å². The molecule has 0 aromatic heterocycles. The summed E-state index contributed by atoms with van der Waals surface area (Å²) >= 11 is 0. The van der Waals surface area contributed by atoms with Gasteiger partial charge in [-0.05, 0) is 32.0 Å². The minimum absolute atomic E-state index is 0.101. The molecule has 9 nitrogen and oxygen atoms in total. The highest BCUT2D eigenvalue weighted by molar-refractivity contribution is 6.20. The number of hydrogen-bond donors (Lipinski definition) is 2. The van der Waals surface area contributed by atoms with Crippen molar-refractivity contribution in [2.45, 2.75) is 32.7 Å². The molecule has 27 heavy (non-hydrogen) atoms. The molecule has 1 aliphatic rings. The largest absolute Gasteiger partial charge is 0.452 e. The molecule has 1 aromatic rings. The van der Waals surface area contributed by atoms with E-state index in [1.54, 1.807) is 13.0 Å². The van der Waals surface area contributed by atoms with Gasteiger partial charge < -0.3 is 15.4 Å². The van der Waals surface area contributed by atoms with E-state index in [1.807, 2.05) is 0 Å². The van der Waals surface area contributed by atoms with Crippen LogP contribution >= 0.6 is 0 Å². The Labute approximate surface area is 156 Å². The summed E-state index contributed by atoms with van der Waals surface area (Å²) in [5, 5.41) is 4.97. The standard InChI is InChI=1S/C18H21N3O6/c1-3-19-17(25)11(2)20-14(22)10-27-18(26)12-5-4-6-13(9-12)21-15(23)7-8-16(21)24/h4-6,9,11H,3,7-8,10H2,1-2H3,(H,19,25)(H,20,22)/t11-/m1/s1. The average Bonchev–Trinajstić information content (AvgIpc) is 2.98. The van der Waals surface area contributed by atoms with E-state index in [1.165, 1.54) is 25.1 Å². The lowest BCUT2D eigenvalue weighted by atomic mass is 10.2. The fraction of sp³-hybridized carbons (Fsp3) is 0.389.